The molecule has 130 valence electrons. The maximum Gasteiger partial charge on any atom is 0.438 e. The number of ketones is 1. The number of H-pyrrole nitrogens is 1. The van der Waals surface area contributed by atoms with Crippen LogP contribution in [0.25, 0.3) is 11.3 Å². The van der Waals surface area contributed by atoms with Crippen LogP contribution in [-0.4, -0.2) is 21.8 Å². The van der Waals surface area contributed by atoms with E-state index in [9.17, 15) is 14.9 Å². The molecule has 3 rings (SSSR count). The minimum absolute atomic E-state index is 0.0323. The molecule has 8 heteroatoms. The Morgan fingerprint density at radius 3 is 2.65 bits per heavy atom. The van der Waals surface area contributed by atoms with E-state index in [1.54, 1.807) is 12.1 Å². The Morgan fingerprint density at radius 2 is 2.04 bits per heavy atom. The standard InChI is InChI=1S/C18H14N4O3S/c1-11-3-5-12(6-4-11)14-8-7-13(9-19)17(20-14)26-10-15(23)16-18(24)25-21-22(16)2/h3-8H,10H2,1-2H3/p+1. The van der Waals surface area contributed by atoms with E-state index in [1.165, 1.54) is 11.7 Å². The highest BCUT2D eigenvalue weighted by Gasteiger charge is 2.26. The second-order valence-electron chi connectivity index (χ2n) is 5.63. The lowest BCUT2D eigenvalue weighted by Gasteiger charge is -2.06. The topological polar surface area (TPSA) is 104 Å². The van der Waals surface area contributed by atoms with Crippen molar-refractivity contribution < 1.29 is 14.0 Å². The van der Waals surface area contributed by atoms with E-state index in [4.69, 9.17) is 0 Å². The van der Waals surface area contributed by atoms with Crippen molar-refractivity contribution in [2.75, 3.05) is 5.75 Å². The van der Waals surface area contributed by atoms with Crippen LogP contribution in [0.15, 0.2) is 50.7 Å². The first-order valence-electron chi connectivity index (χ1n) is 7.71. The highest BCUT2D eigenvalue weighted by molar-refractivity contribution is 8.00. The molecule has 1 aromatic carbocycles. The van der Waals surface area contributed by atoms with Gasteiger partial charge in [-0.05, 0) is 24.3 Å². The highest BCUT2D eigenvalue weighted by Crippen LogP contribution is 2.25. The van der Waals surface area contributed by atoms with Gasteiger partial charge in [-0.2, -0.15) is 5.26 Å². The lowest BCUT2D eigenvalue weighted by Crippen LogP contribution is -2.39. The van der Waals surface area contributed by atoms with Gasteiger partial charge in [0.25, 0.3) is 0 Å². The summed E-state index contributed by atoms with van der Waals surface area (Å²) < 4.78 is 5.81. The van der Waals surface area contributed by atoms with Gasteiger partial charge in [0.05, 0.1) is 17.0 Å². The van der Waals surface area contributed by atoms with Crippen molar-refractivity contribution in [1.82, 2.24) is 10.3 Å². The normalized spacial score (nSPS) is 10.5. The van der Waals surface area contributed by atoms with Gasteiger partial charge in [0.2, 0.25) is 5.78 Å². The zero-order valence-electron chi connectivity index (χ0n) is 14.1. The first-order valence-corrected chi connectivity index (χ1v) is 8.70. The molecule has 3 aromatic rings. The number of nitriles is 1. The summed E-state index contributed by atoms with van der Waals surface area (Å²) in [6, 6.07) is 13.4. The molecule has 0 aliphatic carbocycles. The zero-order chi connectivity index (χ0) is 18.7. The van der Waals surface area contributed by atoms with Gasteiger partial charge in [-0.3, -0.25) is 9.32 Å². The van der Waals surface area contributed by atoms with Crippen LogP contribution in [0.2, 0.25) is 0 Å². The number of Topliss-reactive ketones (excluding diaryl/α,β-unsaturated/α-hetero) is 1. The second-order valence-corrected chi connectivity index (χ2v) is 6.59. The lowest BCUT2D eigenvalue weighted by molar-refractivity contribution is -0.741. The van der Waals surface area contributed by atoms with Gasteiger partial charge >= 0.3 is 11.3 Å². The number of nitrogens with zero attached hydrogens (tertiary/aromatic N) is 3. The van der Waals surface area contributed by atoms with E-state index in [0.717, 1.165) is 22.9 Å². The van der Waals surface area contributed by atoms with E-state index >= 15 is 0 Å². The first kappa shape index (κ1) is 17.6. The number of benzene rings is 1. The van der Waals surface area contributed by atoms with Crippen LogP contribution in [-0.2, 0) is 7.05 Å². The van der Waals surface area contributed by atoms with Gasteiger partial charge in [0, 0.05) is 5.56 Å². The number of aryl methyl sites for hydroxylation is 2. The summed E-state index contributed by atoms with van der Waals surface area (Å²) >= 11 is 1.12. The number of rotatable bonds is 5. The third-order valence-corrected chi connectivity index (χ3v) is 4.73. The van der Waals surface area contributed by atoms with E-state index in [0.29, 0.717) is 16.3 Å². The predicted octanol–water partition coefficient (Wildman–Crippen LogP) is 2.01. The number of aromatic amines is 1. The minimum atomic E-state index is -0.722. The molecule has 0 unspecified atom stereocenters. The molecule has 0 aliphatic rings. The number of hydrogen-bond donors (Lipinski definition) is 1. The molecule has 26 heavy (non-hydrogen) atoms. The Labute approximate surface area is 153 Å². The molecule has 2 heterocycles. The Morgan fingerprint density at radius 1 is 1.31 bits per heavy atom. The molecule has 2 aromatic heterocycles. The molecular formula is C18H15N4O3S+. The Hall–Kier alpha value is -3.18. The van der Waals surface area contributed by atoms with Gasteiger partial charge < -0.3 is 0 Å². The number of hydrogen-bond acceptors (Lipinski definition) is 6. The van der Waals surface area contributed by atoms with Crippen LogP contribution in [0.1, 0.15) is 21.6 Å². The fraction of sp³-hybridized carbons (Fsp3) is 0.167. The van der Waals surface area contributed by atoms with Crippen molar-refractivity contribution in [3.8, 4) is 17.3 Å². The van der Waals surface area contributed by atoms with Crippen molar-refractivity contribution >= 4 is 17.5 Å². The Balaban J connectivity index is 1.86. The summed E-state index contributed by atoms with van der Waals surface area (Å²) in [6.45, 7) is 2.00. The molecule has 0 bridgehead atoms. The number of carbonyl (C=O) groups is 1. The Bertz CT molecular complexity index is 1060. The summed E-state index contributed by atoms with van der Waals surface area (Å²) in [4.78, 5) is 28.4. The molecular weight excluding hydrogens is 352 g/mol. The maximum atomic E-state index is 12.3. The second kappa shape index (κ2) is 7.37. The number of aromatic nitrogens is 3. The zero-order valence-corrected chi connectivity index (χ0v) is 15.0. The number of carbonyl (C=O) groups excluding carboxylic acids is 1. The van der Waals surface area contributed by atoms with Crippen LogP contribution >= 0.6 is 11.8 Å². The van der Waals surface area contributed by atoms with Crippen LogP contribution in [0.4, 0.5) is 0 Å². The molecule has 0 radical (unpaired) electrons. The fourth-order valence-corrected chi connectivity index (χ4v) is 3.20. The SMILES string of the molecule is Cc1ccc(-c2ccc(C#N)c(SCC(=O)c3c(=O)o[nH][n+]3C)n2)cc1. The molecule has 0 spiro atoms. The van der Waals surface area contributed by atoms with Gasteiger partial charge in [-0.15, -0.1) is 0 Å². The monoisotopic (exact) mass is 367 g/mol. The van der Waals surface area contributed by atoms with Crippen molar-refractivity contribution in [1.29, 1.82) is 5.26 Å². The van der Waals surface area contributed by atoms with E-state index in [1.807, 2.05) is 31.2 Å². The largest absolute Gasteiger partial charge is 0.438 e. The van der Waals surface area contributed by atoms with Gasteiger partial charge in [-0.25, -0.2) is 9.78 Å². The van der Waals surface area contributed by atoms with Crippen LogP contribution in [0.5, 0.6) is 0 Å². The highest BCUT2D eigenvalue weighted by atomic mass is 32.2. The van der Waals surface area contributed by atoms with Crippen LogP contribution < -0.4 is 10.3 Å². The van der Waals surface area contributed by atoms with Crippen molar-refractivity contribution in [2.45, 2.75) is 11.9 Å². The summed E-state index contributed by atoms with van der Waals surface area (Å²) in [7, 11) is 1.51. The molecule has 0 amide bonds. The van der Waals surface area contributed by atoms with Crippen LogP contribution in [0.3, 0.4) is 0 Å². The summed E-state index contributed by atoms with van der Waals surface area (Å²) in [5.74, 6) is -0.436. The lowest BCUT2D eigenvalue weighted by atomic mass is 10.1. The van der Waals surface area contributed by atoms with Gasteiger partial charge in [0.15, 0.2) is 7.05 Å². The molecule has 0 atom stereocenters. The van der Waals surface area contributed by atoms with Gasteiger partial charge in [0.1, 0.15) is 11.1 Å². The molecule has 1 N–H and O–H groups in total. The fourth-order valence-electron chi connectivity index (χ4n) is 2.36. The minimum Gasteiger partial charge on any atom is -0.286 e. The van der Waals surface area contributed by atoms with Gasteiger partial charge in [-0.1, -0.05) is 46.3 Å². The molecule has 0 aliphatic heterocycles. The van der Waals surface area contributed by atoms with Crippen LogP contribution in [0, 0.1) is 18.3 Å². The summed E-state index contributed by atoms with van der Waals surface area (Å²) in [6.07, 6.45) is 0. The third kappa shape index (κ3) is 3.58. The van der Waals surface area contributed by atoms with E-state index in [2.05, 4.69) is 20.8 Å². The molecule has 0 saturated heterocycles. The number of nitrogens with one attached hydrogen (secondary N) is 1. The summed E-state index contributed by atoms with van der Waals surface area (Å²) in [5.41, 5.74) is 2.35. The summed E-state index contributed by atoms with van der Waals surface area (Å²) in [5, 5.41) is 12.0. The Kier molecular flexibility index (Phi) is 5.00. The first-order chi connectivity index (χ1) is 12.5. The molecule has 0 saturated carbocycles. The average molecular weight is 367 g/mol. The smallest absolute Gasteiger partial charge is 0.286 e. The van der Waals surface area contributed by atoms with E-state index < -0.39 is 11.4 Å². The number of thioether (sulfide) groups is 1. The molecule has 7 nitrogen and oxygen atoms in total. The van der Waals surface area contributed by atoms with E-state index in [-0.39, 0.29) is 11.4 Å². The number of pyridine rings is 1. The molecule has 0 fully saturated rings. The van der Waals surface area contributed by atoms with Crippen molar-refractivity contribution in [3.63, 3.8) is 0 Å². The van der Waals surface area contributed by atoms with Crippen molar-refractivity contribution in [3.05, 3.63) is 63.6 Å². The maximum absolute atomic E-state index is 12.3. The third-order valence-electron chi connectivity index (χ3n) is 3.74. The quantitative estimate of drug-likeness (QED) is 0.420. The predicted molar refractivity (Wildman–Crippen MR) is 94.7 cm³/mol. The average Bonchev–Trinajstić information content (AvgIpc) is 2.98. The van der Waals surface area contributed by atoms with Crippen molar-refractivity contribution in [2.24, 2.45) is 7.05 Å².